The van der Waals surface area contributed by atoms with E-state index in [1.165, 1.54) is 6.33 Å². The summed E-state index contributed by atoms with van der Waals surface area (Å²) in [6.07, 6.45) is 2.55. The molecule has 4 nitrogen and oxygen atoms in total. The van der Waals surface area contributed by atoms with Crippen LogP contribution in [0.4, 0.5) is 22.0 Å². The van der Waals surface area contributed by atoms with E-state index in [4.69, 9.17) is 4.43 Å². The van der Waals surface area contributed by atoms with E-state index in [1.807, 2.05) is 0 Å². The summed E-state index contributed by atoms with van der Waals surface area (Å²) in [6.45, 7) is 13.5. The molecular formula is C21H29F5N3OSi+. The lowest BCUT2D eigenvalue weighted by Crippen LogP contribution is -2.50. The Morgan fingerprint density at radius 1 is 0.935 bits per heavy atom. The molecule has 0 spiro atoms. The summed E-state index contributed by atoms with van der Waals surface area (Å²) in [5.74, 6) is -9.46. The minimum atomic E-state index is -2.19. The van der Waals surface area contributed by atoms with Crippen LogP contribution in [-0.4, -0.2) is 24.7 Å². The molecule has 0 unspecified atom stereocenters. The summed E-state index contributed by atoms with van der Waals surface area (Å²) < 4.78 is 78.1. The minimum absolute atomic E-state index is 0.117. The van der Waals surface area contributed by atoms with E-state index in [0.717, 1.165) is 11.1 Å². The van der Waals surface area contributed by atoms with Crippen molar-refractivity contribution in [3.05, 3.63) is 41.2 Å². The lowest BCUT2D eigenvalue weighted by atomic mass is 10.2. The highest BCUT2D eigenvalue weighted by atomic mass is 28.4. The molecule has 0 bridgehead atoms. The van der Waals surface area contributed by atoms with Crippen molar-refractivity contribution < 1.29 is 30.9 Å². The van der Waals surface area contributed by atoms with Gasteiger partial charge in [-0.2, -0.15) is 8.78 Å². The molecule has 3 rings (SSSR count). The number of rotatable bonds is 7. The predicted octanol–water partition coefficient (Wildman–Crippen LogP) is 5.53. The molecule has 172 valence electrons. The molecule has 0 saturated heterocycles. The molecular weight excluding hydrogens is 433 g/mol. The van der Waals surface area contributed by atoms with Crippen LogP contribution in [0, 0.1) is 29.1 Å². The Labute approximate surface area is 180 Å². The number of hydrogen-bond donors (Lipinski definition) is 0. The summed E-state index contributed by atoms with van der Waals surface area (Å²) in [7, 11) is -2.11. The summed E-state index contributed by atoms with van der Waals surface area (Å²) in [5, 5.41) is 4.09. The molecule has 2 heterocycles. The fraction of sp³-hybridized carbons (Fsp3) is 0.619. The number of aromatic nitrogens is 3. The van der Waals surface area contributed by atoms with Gasteiger partial charge in [-0.3, -0.25) is 0 Å². The van der Waals surface area contributed by atoms with Gasteiger partial charge in [0.15, 0.2) is 0 Å². The zero-order valence-corrected chi connectivity index (χ0v) is 19.6. The summed E-state index contributed by atoms with van der Waals surface area (Å²) in [5.41, 5.74) is 0.117. The first-order chi connectivity index (χ1) is 14.4. The van der Waals surface area contributed by atoms with E-state index in [-0.39, 0.29) is 6.04 Å². The number of hydrogen-bond acceptors (Lipinski definition) is 2. The van der Waals surface area contributed by atoms with Crippen LogP contribution in [0.3, 0.4) is 0 Å². The Hall–Kier alpha value is -1.81. The van der Waals surface area contributed by atoms with Gasteiger partial charge in [-0.1, -0.05) is 46.2 Å². The Bertz CT molecular complexity index is 926. The molecule has 2 aromatic rings. The predicted molar refractivity (Wildman–Crippen MR) is 108 cm³/mol. The second kappa shape index (κ2) is 8.61. The average Bonchev–Trinajstić information content (AvgIpc) is 3.26. The minimum Gasteiger partial charge on any atom is -0.412 e. The first kappa shape index (κ1) is 23.8. The molecule has 1 aliphatic rings. The Morgan fingerprint density at radius 3 is 1.90 bits per heavy atom. The molecule has 0 amide bonds. The molecule has 1 aliphatic heterocycles. The smallest absolute Gasteiger partial charge is 0.278 e. The molecule has 0 fully saturated rings. The molecule has 0 N–H and O–H groups in total. The van der Waals surface area contributed by atoms with Gasteiger partial charge in [-0.25, -0.2) is 17.7 Å². The SMILES string of the molecule is CC(C)[Si](OC[C@@H]1CCc2nn(-c3c(F)c(F)c(F)c(F)c3F)c[n+]21)(C(C)C)C(C)C. The van der Waals surface area contributed by atoms with Crippen LogP contribution in [0.15, 0.2) is 6.33 Å². The molecule has 1 atom stereocenters. The first-order valence-electron chi connectivity index (χ1n) is 10.6. The van der Waals surface area contributed by atoms with Crippen LogP contribution in [-0.2, 0) is 10.8 Å². The van der Waals surface area contributed by atoms with Crippen molar-refractivity contribution in [2.45, 2.75) is 77.0 Å². The van der Waals surface area contributed by atoms with E-state index in [1.54, 1.807) is 4.57 Å². The summed E-state index contributed by atoms with van der Waals surface area (Å²) in [4.78, 5) is 0. The Kier molecular flexibility index (Phi) is 6.62. The zero-order chi connectivity index (χ0) is 23.2. The van der Waals surface area contributed by atoms with E-state index in [2.05, 4.69) is 46.6 Å². The van der Waals surface area contributed by atoms with E-state index >= 15 is 0 Å². The van der Waals surface area contributed by atoms with Crippen molar-refractivity contribution in [3.8, 4) is 5.69 Å². The van der Waals surface area contributed by atoms with Crippen LogP contribution < -0.4 is 4.57 Å². The van der Waals surface area contributed by atoms with Crippen molar-refractivity contribution in [2.24, 2.45) is 0 Å². The van der Waals surface area contributed by atoms with Gasteiger partial charge < -0.3 is 4.43 Å². The van der Waals surface area contributed by atoms with Gasteiger partial charge >= 0.3 is 0 Å². The maximum atomic E-state index is 14.2. The molecule has 0 saturated carbocycles. The van der Waals surface area contributed by atoms with E-state index in [9.17, 15) is 22.0 Å². The first-order valence-corrected chi connectivity index (χ1v) is 12.7. The maximum absolute atomic E-state index is 14.2. The quantitative estimate of drug-likeness (QED) is 0.178. The number of nitrogens with zero attached hydrogens (tertiary/aromatic N) is 3. The van der Waals surface area contributed by atoms with Crippen LogP contribution >= 0.6 is 0 Å². The molecule has 1 aromatic heterocycles. The van der Waals surface area contributed by atoms with Crippen molar-refractivity contribution in [1.82, 2.24) is 9.78 Å². The fourth-order valence-electron chi connectivity index (χ4n) is 5.11. The van der Waals surface area contributed by atoms with Gasteiger partial charge in [0.1, 0.15) is 6.04 Å². The van der Waals surface area contributed by atoms with Crippen molar-refractivity contribution in [1.29, 1.82) is 0 Å². The van der Waals surface area contributed by atoms with Crippen LogP contribution in [0.1, 0.15) is 59.8 Å². The largest absolute Gasteiger partial charge is 0.412 e. The highest BCUT2D eigenvalue weighted by molar-refractivity contribution is 6.77. The Balaban J connectivity index is 1.92. The maximum Gasteiger partial charge on any atom is 0.278 e. The van der Waals surface area contributed by atoms with E-state index < -0.39 is 43.1 Å². The lowest BCUT2D eigenvalue weighted by molar-refractivity contribution is -0.718. The number of fused-ring (bicyclic) bond motifs is 1. The monoisotopic (exact) mass is 462 g/mol. The third kappa shape index (κ3) is 3.81. The molecule has 1 aromatic carbocycles. The van der Waals surface area contributed by atoms with Gasteiger partial charge in [-0.15, -0.1) is 0 Å². The summed E-state index contributed by atoms with van der Waals surface area (Å²) >= 11 is 0. The number of aryl methyl sites for hydroxylation is 1. The van der Waals surface area contributed by atoms with Gasteiger partial charge in [0.05, 0.1) is 6.61 Å². The highest BCUT2D eigenvalue weighted by Gasteiger charge is 2.46. The van der Waals surface area contributed by atoms with Crippen LogP contribution in [0.5, 0.6) is 0 Å². The third-order valence-corrected chi connectivity index (χ3v) is 12.6. The van der Waals surface area contributed by atoms with Crippen LogP contribution in [0.2, 0.25) is 16.6 Å². The molecule has 10 heteroatoms. The Morgan fingerprint density at radius 2 is 1.42 bits per heavy atom. The number of benzene rings is 1. The second-order valence-corrected chi connectivity index (χ2v) is 14.6. The summed E-state index contributed by atoms with van der Waals surface area (Å²) in [6, 6.07) is -0.117. The van der Waals surface area contributed by atoms with Crippen molar-refractivity contribution in [2.75, 3.05) is 6.61 Å². The highest BCUT2D eigenvalue weighted by Crippen LogP contribution is 2.42. The standard InChI is InChI=1S/C21H29F5N3OSi/c1-11(2)31(12(3)4,13(5)6)30-9-14-7-8-15-27-29(10-28(14)15)21-19(25)17(23)16(22)18(24)20(21)26/h10-14H,7-9H2,1-6H3/q+1/t14-/m0/s1. The van der Waals surface area contributed by atoms with Gasteiger partial charge in [0.2, 0.25) is 49.4 Å². The third-order valence-electron chi connectivity index (χ3n) is 6.50. The average molecular weight is 463 g/mol. The molecule has 0 radical (unpaired) electrons. The molecule has 31 heavy (non-hydrogen) atoms. The van der Waals surface area contributed by atoms with Crippen LogP contribution in [0.25, 0.3) is 5.69 Å². The zero-order valence-electron chi connectivity index (χ0n) is 18.6. The van der Waals surface area contributed by atoms with Gasteiger partial charge in [-0.05, 0) is 23.0 Å². The topological polar surface area (TPSA) is 30.9 Å². The van der Waals surface area contributed by atoms with Crippen molar-refractivity contribution >= 4 is 8.32 Å². The normalized spacial score (nSPS) is 16.8. The lowest BCUT2D eigenvalue weighted by Gasteiger charge is -2.42. The molecule has 0 aliphatic carbocycles. The number of halogens is 5. The fourth-order valence-corrected chi connectivity index (χ4v) is 10.6. The van der Waals surface area contributed by atoms with E-state index in [0.29, 0.717) is 35.5 Å². The second-order valence-electron chi connectivity index (χ2n) is 9.12. The van der Waals surface area contributed by atoms with Crippen molar-refractivity contribution in [3.63, 3.8) is 0 Å². The van der Waals surface area contributed by atoms with Gasteiger partial charge in [0, 0.05) is 11.5 Å². The van der Waals surface area contributed by atoms with Gasteiger partial charge in [0.25, 0.3) is 5.82 Å².